The Bertz CT molecular complexity index is 455. The third-order valence-corrected chi connectivity index (χ3v) is 2.45. The molecule has 1 radical (unpaired) electrons. The zero-order chi connectivity index (χ0) is 10.1. The van der Waals surface area contributed by atoms with Crippen molar-refractivity contribution in [2.45, 2.75) is 13.8 Å². The van der Waals surface area contributed by atoms with Gasteiger partial charge in [-0.05, 0) is 37.1 Å². The number of rotatable bonds is 1. The van der Waals surface area contributed by atoms with Gasteiger partial charge in [0.2, 0.25) is 0 Å². The number of benzene rings is 1. The van der Waals surface area contributed by atoms with Crippen molar-refractivity contribution in [2.24, 2.45) is 7.05 Å². The maximum atomic E-state index is 4.31. The van der Waals surface area contributed by atoms with Crippen molar-refractivity contribution in [3.8, 4) is 11.3 Å². The highest BCUT2D eigenvalue weighted by molar-refractivity contribution is 5.60. The molecule has 2 heteroatoms. The molecule has 2 nitrogen and oxygen atoms in total. The Balaban J connectivity index is 2.47. The van der Waals surface area contributed by atoms with Gasteiger partial charge in [0.15, 0.2) is 0 Å². The molecular weight excluding hydrogens is 172 g/mol. The lowest BCUT2D eigenvalue weighted by molar-refractivity contribution is 0.764. The molecule has 0 amide bonds. The average Bonchev–Trinajstić information content (AvgIpc) is 2.57. The lowest BCUT2D eigenvalue weighted by atomic mass is 10.0. The van der Waals surface area contributed by atoms with Gasteiger partial charge in [-0.15, -0.1) is 0 Å². The van der Waals surface area contributed by atoms with Crippen LogP contribution >= 0.6 is 0 Å². The van der Waals surface area contributed by atoms with E-state index in [1.807, 2.05) is 13.1 Å². The van der Waals surface area contributed by atoms with Crippen LogP contribution in [0.15, 0.2) is 24.3 Å². The molecule has 14 heavy (non-hydrogen) atoms. The molecule has 2 aromatic rings. The molecule has 0 saturated carbocycles. The van der Waals surface area contributed by atoms with E-state index in [-0.39, 0.29) is 0 Å². The first-order valence-corrected chi connectivity index (χ1v) is 4.66. The predicted octanol–water partition coefficient (Wildman–Crippen LogP) is 2.50. The van der Waals surface area contributed by atoms with Crippen LogP contribution in [0.4, 0.5) is 0 Å². The Morgan fingerprint density at radius 1 is 1.21 bits per heavy atom. The van der Waals surface area contributed by atoms with E-state index in [1.165, 1.54) is 11.1 Å². The van der Waals surface area contributed by atoms with Crippen LogP contribution in [0, 0.1) is 20.0 Å². The summed E-state index contributed by atoms with van der Waals surface area (Å²) in [6.07, 6.45) is 3.01. The molecule has 1 heterocycles. The maximum absolute atomic E-state index is 4.31. The minimum Gasteiger partial charge on any atom is -0.266 e. The number of hydrogen-bond acceptors (Lipinski definition) is 1. The molecule has 0 bridgehead atoms. The molecule has 0 atom stereocenters. The van der Waals surface area contributed by atoms with Gasteiger partial charge in [-0.25, -0.2) is 0 Å². The highest BCUT2D eigenvalue weighted by Gasteiger charge is 2.02. The summed E-state index contributed by atoms with van der Waals surface area (Å²) in [7, 11) is 1.88. The van der Waals surface area contributed by atoms with Gasteiger partial charge >= 0.3 is 0 Å². The Morgan fingerprint density at radius 3 is 2.57 bits per heavy atom. The van der Waals surface area contributed by atoms with Crippen molar-refractivity contribution in [2.75, 3.05) is 0 Å². The van der Waals surface area contributed by atoms with E-state index in [1.54, 1.807) is 4.68 Å². The molecule has 0 spiro atoms. The number of aryl methyl sites for hydroxylation is 3. The van der Waals surface area contributed by atoms with Crippen molar-refractivity contribution < 1.29 is 0 Å². The van der Waals surface area contributed by atoms with Gasteiger partial charge in [0.05, 0.1) is 11.9 Å². The molecular formula is C12H13N2. The van der Waals surface area contributed by atoms with Crippen molar-refractivity contribution in [3.05, 3.63) is 41.6 Å². The zero-order valence-corrected chi connectivity index (χ0v) is 8.70. The van der Waals surface area contributed by atoms with E-state index in [0.717, 1.165) is 11.3 Å². The van der Waals surface area contributed by atoms with Crippen LogP contribution < -0.4 is 0 Å². The van der Waals surface area contributed by atoms with Crippen LogP contribution in [0.2, 0.25) is 0 Å². The van der Waals surface area contributed by atoms with E-state index >= 15 is 0 Å². The lowest BCUT2D eigenvalue weighted by Crippen LogP contribution is -1.89. The SMILES string of the molecule is Cc1ccc(-c2c[c]n(C)n2)cc1C. The standard InChI is InChI=1S/C12H13N2/c1-9-4-5-11(8-10(9)2)12-6-7-14(3)13-12/h4-6,8H,1-3H3. The summed E-state index contributed by atoms with van der Waals surface area (Å²) < 4.78 is 1.70. The van der Waals surface area contributed by atoms with E-state index in [4.69, 9.17) is 0 Å². The number of nitrogens with zero attached hydrogens (tertiary/aromatic N) is 2. The minimum absolute atomic E-state index is 0.982. The Labute approximate surface area is 84.2 Å². The quantitative estimate of drug-likeness (QED) is 0.667. The Hall–Kier alpha value is -1.57. The first kappa shape index (κ1) is 9.00. The summed E-state index contributed by atoms with van der Waals surface area (Å²) in [5.74, 6) is 0. The first-order valence-electron chi connectivity index (χ1n) is 4.66. The third-order valence-electron chi connectivity index (χ3n) is 2.45. The molecule has 0 N–H and O–H groups in total. The molecule has 1 aromatic carbocycles. The van der Waals surface area contributed by atoms with Gasteiger partial charge in [0, 0.05) is 12.6 Å². The third kappa shape index (κ3) is 1.55. The van der Waals surface area contributed by atoms with Crippen molar-refractivity contribution in [1.82, 2.24) is 9.78 Å². The van der Waals surface area contributed by atoms with Crippen molar-refractivity contribution >= 4 is 0 Å². The molecule has 1 aromatic heterocycles. The summed E-state index contributed by atoms with van der Waals surface area (Å²) in [6.45, 7) is 4.23. The predicted molar refractivity (Wildman–Crippen MR) is 57.0 cm³/mol. The van der Waals surface area contributed by atoms with Crippen molar-refractivity contribution in [3.63, 3.8) is 0 Å². The average molecular weight is 185 g/mol. The van der Waals surface area contributed by atoms with Crippen LogP contribution in [0.3, 0.4) is 0 Å². The second-order valence-electron chi connectivity index (χ2n) is 3.58. The topological polar surface area (TPSA) is 17.8 Å². The van der Waals surface area contributed by atoms with E-state index in [0.29, 0.717) is 0 Å². The van der Waals surface area contributed by atoms with Gasteiger partial charge in [-0.2, -0.15) is 5.10 Å². The second kappa shape index (κ2) is 3.29. The number of aromatic nitrogens is 2. The van der Waals surface area contributed by atoms with Crippen LogP contribution in [0.1, 0.15) is 11.1 Å². The lowest BCUT2D eigenvalue weighted by Gasteiger charge is -2.02. The first-order chi connectivity index (χ1) is 6.66. The van der Waals surface area contributed by atoms with Gasteiger partial charge in [0.1, 0.15) is 0 Å². The molecule has 0 aliphatic rings. The van der Waals surface area contributed by atoms with Crippen LogP contribution in [-0.4, -0.2) is 9.78 Å². The summed E-state index contributed by atoms with van der Waals surface area (Å²) in [5.41, 5.74) is 4.75. The second-order valence-corrected chi connectivity index (χ2v) is 3.58. The molecule has 0 saturated heterocycles. The van der Waals surface area contributed by atoms with Crippen LogP contribution in [0.5, 0.6) is 0 Å². The van der Waals surface area contributed by atoms with Crippen LogP contribution in [0.25, 0.3) is 11.3 Å². The largest absolute Gasteiger partial charge is 0.266 e. The number of hydrogen-bond donors (Lipinski definition) is 0. The zero-order valence-electron chi connectivity index (χ0n) is 8.70. The molecule has 0 aliphatic heterocycles. The monoisotopic (exact) mass is 185 g/mol. The van der Waals surface area contributed by atoms with Crippen LogP contribution in [-0.2, 0) is 7.05 Å². The van der Waals surface area contributed by atoms with E-state index in [2.05, 4.69) is 43.3 Å². The van der Waals surface area contributed by atoms with Gasteiger partial charge in [-0.1, -0.05) is 12.1 Å². The smallest absolute Gasteiger partial charge is 0.0930 e. The van der Waals surface area contributed by atoms with Gasteiger partial charge < -0.3 is 0 Å². The highest BCUT2D eigenvalue weighted by Crippen LogP contribution is 2.19. The summed E-state index contributed by atoms with van der Waals surface area (Å²) >= 11 is 0. The fraction of sp³-hybridized carbons (Fsp3) is 0.250. The highest BCUT2D eigenvalue weighted by atomic mass is 15.2. The fourth-order valence-electron chi connectivity index (χ4n) is 1.42. The van der Waals surface area contributed by atoms with Gasteiger partial charge in [-0.3, -0.25) is 4.68 Å². The molecule has 71 valence electrons. The maximum Gasteiger partial charge on any atom is 0.0930 e. The Morgan fingerprint density at radius 2 is 2.00 bits per heavy atom. The Kier molecular flexibility index (Phi) is 2.12. The fourth-order valence-corrected chi connectivity index (χ4v) is 1.42. The summed E-state index contributed by atoms with van der Waals surface area (Å²) in [6, 6.07) is 8.29. The molecule has 0 aliphatic carbocycles. The molecule has 2 rings (SSSR count). The molecule has 0 unspecified atom stereocenters. The van der Waals surface area contributed by atoms with Crippen molar-refractivity contribution in [1.29, 1.82) is 0 Å². The minimum atomic E-state index is 0.982. The summed E-state index contributed by atoms with van der Waals surface area (Å²) in [5, 5.41) is 4.31. The normalized spacial score (nSPS) is 10.5. The van der Waals surface area contributed by atoms with Gasteiger partial charge in [0.25, 0.3) is 0 Å². The van der Waals surface area contributed by atoms with E-state index < -0.39 is 0 Å². The summed E-state index contributed by atoms with van der Waals surface area (Å²) in [4.78, 5) is 0. The molecule has 0 fully saturated rings. The van der Waals surface area contributed by atoms with E-state index in [9.17, 15) is 0 Å².